The van der Waals surface area contributed by atoms with Gasteiger partial charge in [-0.05, 0) is 37.1 Å². The molecule has 11 nitrogen and oxygen atoms in total. The number of nitrogens with zero attached hydrogens (tertiary/aromatic N) is 6. The molecular weight excluding hydrogens is 572 g/mol. The van der Waals surface area contributed by atoms with Crippen molar-refractivity contribution in [2.75, 3.05) is 24.6 Å². The van der Waals surface area contributed by atoms with Crippen molar-refractivity contribution < 1.29 is 24.2 Å². The van der Waals surface area contributed by atoms with Crippen molar-refractivity contribution in [1.29, 1.82) is 0 Å². The Morgan fingerprint density at radius 2 is 1.69 bits per heavy atom. The highest BCUT2D eigenvalue weighted by molar-refractivity contribution is 6.04. The van der Waals surface area contributed by atoms with Gasteiger partial charge in [0.2, 0.25) is 11.8 Å². The molecule has 4 aliphatic heterocycles. The Labute approximate surface area is 261 Å². The van der Waals surface area contributed by atoms with Crippen LogP contribution in [-0.2, 0) is 25.8 Å². The maximum atomic E-state index is 14.8. The van der Waals surface area contributed by atoms with E-state index in [1.807, 2.05) is 99.7 Å². The zero-order chi connectivity index (χ0) is 31.5. The van der Waals surface area contributed by atoms with Crippen LogP contribution in [0.2, 0.25) is 0 Å². The summed E-state index contributed by atoms with van der Waals surface area (Å²) in [7, 11) is 0. The predicted octanol–water partition coefficient (Wildman–Crippen LogP) is 2.77. The lowest BCUT2D eigenvalue weighted by atomic mass is 9.74. The normalized spacial score (nSPS) is 30.7. The number of carbonyl (C=O) groups excluding carboxylic acids is 3. The second kappa shape index (κ2) is 10.9. The van der Waals surface area contributed by atoms with Crippen LogP contribution in [0.25, 0.3) is 11.0 Å². The zero-order valence-corrected chi connectivity index (χ0v) is 25.7. The van der Waals surface area contributed by atoms with Crippen LogP contribution in [0.15, 0.2) is 78.9 Å². The van der Waals surface area contributed by atoms with Gasteiger partial charge in [-0.15, -0.1) is 5.10 Å². The van der Waals surface area contributed by atoms with E-state index in [0.717, 1.165) is 11.2 Å². The average molecular weight is 611 g/mol. The number of carbonyl (C=O) groups is 3. The number of fused-ring (bicyclic) bond motifs is 3. The minimum absolute atomic E-state index is 0.109. The first-order valence-corrected chi connectivity index (χ1v) is 15.7. The highest BCUT2D eigenvalue weighted by Crippen LogP contribution is 2.58. The number of hydrogen-bond donors (Lipinski definition) is 1. The number of anilines is 1. The summed E-state index contributed by atoms with van der Waals surface area (Å²) in [6.07, 6.45) is 8.15. The molecule has 1 aromatic heterocycles. The first-order chi connectivity index (χ1) is 21.7. The van der Waals surface area contributed by atoms with Gasteiger partial charge in [-0.2, -0.15) is 0 Å². The highest BCUT2D eigenvalue weighted by atomic mass is 16.5. The number of aliphatic hydroxyl groups excluding tert-OH is 1. The molecule has 5 heterocycles. The third-order valence-electron chi connectivity index (χ3n) is 10.2. The number of hydrogen-bond acceptors (Lipinski definition) is 7. The summed E-state index contributed by atoms with van der Waals surface area (Å²) < 4.78 is 8.64. The van der Waals surface area contributed by atoms with Gasteiger partial charge >= 0.3 is 0 Å². The van der Waals surface area contributed by atoms with Crippen LogP contribution in [0.4, 0.5) is 5.69 Å². The zero-order valence-electron chi connectivity index (χ0n) is 25.7. The van der Waals surface area contributed by atoms with Gasteiger partial charge in [-0.3, -0.25) is 14.4 Å². The van der Waals surface area contributed by atoms with E-state index >= 15 is 0 Å². The molecule has 0 radical (unpaired) electrons. The van der Waals surface area contributed by atoms with Gasteiger partial charge in [-0.1, -0.05) is 80.1 Å². The minimum atomic E-state index is -1.42. The summed E-state index contributed by atoms with van der Waals surface area (Å²) in [5, 5.41) is 19.2. The first-order valence-electron chi connectivity index (χ1n) is 15.7. The number of aliphatic hydroxyl groups is 1. The molecule has 1 N–H and O–H groups in total. The van der Waals surface area contributed by atoms with E-state index in [1.54, 1.807) is 14.5 Å². The molecular formula is C34H38N6O5. The van der Waals surface area contributed by atoms with E-state index in [0.29, 0.717) is 18.5 Å². The van der Waals surface area contributed by atoms with E-state index in [-0.39, 0.29) is 43.5 Å². The number of aromatic nitrogens is 3. The fourth-order valence-corrected chi connectivity index (χ4v) is 7.83. The van der Waals surface area contributed by atoms with Crippen LogP contribution < -0.4 is 4.90 Å². The molecule has 11 heteroatoms. The summed E-state index contributed by atoms with van der Waals surface area (Å²) >= 11 is 0. The highest BCUT2D eigenvalue weighted by Gasteiger charge is 2.75. The Bertz CT molecular complexity index is 1700. The Kier molecular flexibility index (Phi) is 7.13. The lowest BCUT2D eigenvalue weighted by Crippen LogP contribution is -2.60. The summed E-state index contributed by atoms with van der Waals surface area (Å²) in [6.45, 7) is 6.16. The van der Waals surface area contributed by atoms with E-state index in [4.69, 9.17) is 4.74 Å². The number of benzene rings is 2. The maximum absolute atomic E-state index is 14.8. The monoisotopic (exact) mass is 610 g/mol. The van der Waals surface area contributed by atoms with Crippen LogP contribution in [0, 0.1) is 17.8 Å². The van der Waals surface area contributed by atoms with Gasteiger partial charge in [0.25, 0.3) is 5.91 Å². The lowest BCUT2D eigenvalue weighted by Gasteiger charge is -2.41. The summed E-state index contributed by atoms with van der Waals surface area (Å²) in [6, 6.07) is 15.2. The second-order valence-corrected chi connectivity index (χ2v) is 12.7. The molecule has 1 spiro atoms. The standard InChI is InChI=1S/C34H38N6O5/c1-4-22(2)26(20-41)40-29-32(44)37(21-39-25-15-9-8-14-24(25)35-36-39)18-11-17-34(29)28(31(40)43)27-30(42)38(23-12-6-5-7-13-23)19-10-16-33(27,3)45-34/h5-17,22,26-29,41H,4,18-21H2,1-3H3/t22-,26-,27-,28-,29?,33+,34-/m0/s1. The van der Waals surface area contributed by atoms with Crippen LogP contribution >= 0.6 is 0 Å². The van der Waals surface area contributed by atoms with Crippen molar-refractivity contribution in [2.24, 2.45) is 17.8 Å². The molecule has 3 aromatic rings. The van der Waals surface area contributed by atoms with Crippen molar-refractivity contribution >= 4 is 34.4 Å². The smallest absolute Gasteiger partial charge is 0.250 e. The topological polar surface area (TPSA) is 121 Å². The SMILES string of the molecule is CC[C@H](C)[C@H](CO)N1C(=O)[C@@H]2[C@H]3C(=O)N(c4ccccc4)CC=C[C@@]3(C)O[C@@]23C=CCN(Cn2nnc4ccccc42)C(=O)C13. The van der Waals surface area contributed by atoms with Crippen LogP contribution in [-0.4, -0.2) is 90.6 Å². The Morgan fingerprint density at radius 1 is 0.956 bits per heavy atom. The molecule has 45 heavy (non-hydrogen) atoms. The van der Waals surface area contributed by atoms with Crippen molar-refractivity contribution in [3.05, 3.63) is 78.9 Å². The average Bonchev–Trinajstić information content (AvgIpc) is 3.58. The third kappa shape index (κ3) is 4.35. The Hall–Kier alpha value is -4.35. The second-order valence-electron chi connectivity index (χ2n) is 12.7. The lowest BCUT2D eigenvalue weighted by molar-refractivity contribution is -0.156. The number of para-hydroxylation sites is 2. The van der Waals surface area contributed by atoms with E-state index in [2.05, 4.69) is 10.3 Å². The number of rotatable bonds is 7. The van der Waals surface area contributed by atoms with Crippen molar-refractivity contribution in [2.45, 2.75) is 57.1 Å². The van der Waals surface area contributed by atoms with E-state index in [1.165, 1.54) is 4.90 Å². The summed E-state index contributed by atoms with van der Waals surface area (Å²) in [4.78, 5) is 49.0. The van der Waals surface area contributed by atoms with Crippen LogP contribution in [0.3, 0.4) is 0 Å². The third-order valence-corrected chi connectivity index (χ3v) is 10.2. The Balaban J connectivity index is 1.34. The Morgan fingerprint density at radius 3 is 2.44 bits per heavy atom. The molecule has 234 valence electrons. The predicted molar refractivity (Wildman–Crippen MR) is 166 cm³/mol. The fourth-order valence-electron chi connectivity index (χ4n) is 7.83. The molecule has 3 amide bonds. The number of ether oxygens (including phenoxy) is 1. The van der Waals surface area contributed by atoms with E-state index < -0.39 is 35.1 Å². The number of amides is 3. The van der Waals surface area contributed by atoms with Gasteiger partial charge in [-0.25, -0.2) is 4.68 Å². The minimum Gasteiger partial charge on any atom is -0.394 e. The largest absolute Gasteiger partial charge is 0.394 e. The van der Waals surface area contributed by atoms with Gasteiger partial charge < -0.3 is 24.5 Å². The van der Waals surface area contributed by atoms with Crippen LogP contribution in [0.5, 0.6) is 0 Å². The van der Waals surface area contributed by atoms with Gasteiger partial charge in [0.05, 0.1) is 35.6 Å². The molecule has 2 aromatic carbocycles. The van der Waals surface area contributed by atoms with Crippen LogP contribution in [0.1, 0.15) is 27.2 Å². The molecule has 7 atom stereocenters. The molecule has 0 saturated carbocycles. The van der Waals surface area contributed by atoms with Crippen molar-refractivity contribution in [3.63, 3.8) is 0 Å². The summed E-state index contributed by atoms with van der Waals surface area (Å²) in [5.41, 5.74) is -0.349. The fraction of sp³-hybridized carbons (Fsp3) is 0.441. The molecule has 2 fully saturated rings. The summed E-state index contributed by atoms with van der Waals surface area (Å²) in [5.74, 6) is -2.89. The van der Waals surface area contributed by atoms with Gasteiger partial charge in [0.1, 0.15) is 23.8 Å². The molecule has 4 aliphatic rings. The molecule has 0 aliphatic carbocycles. The van der Waals surface area contributed by atoms with E-state index in [9.17, 15) is 19.5 Å². The van der Waals surface area contributed by atoms with Crippen molar-refractivity contribution in [1.82, 2.24) is 24.8 Å². The molecule has 7 rings (SSSR count). The molecule has 2 saturated heterocycles. The molecule has 1 unspecified atom stereocenters. The van der Waals surface area contributed by atoms with Gasteiger partial charge in [0.15, 0.2) is 0 Å². The first kappa shape index (κ1) is 29.4. The molecule has 0 bridgehead atoms. The van der Waals surface area contributed by atoms with Gasteiger partial charge in [0, 0.05) is 18.8 Å². The maximum Gasteiger partial charge on any atom is 0.250 e. The number of likely N-dealkylation sites (tertiary alicyclic amines) is 1. The van der Waals surface area contributed by atoms with Crippen molar-refractivity contribution in [3.8, 4) is 0 Å². The quantitative estimate of drug-likeness (QED) is 0.409.